The van der Waals surface area contributed by atoms with Crippen LogP contribution in [0.3, 0.4) is 0 Å². The van der Waals surface area contributed by atoms with Crippen molar-refractivity contribution in [1.82, 2.24) is 5.32 Å². The Kier molecular flexibility index (Phi) is 4.85. The van der Waals surface area contributed by atoms with E-state index < -0.39 is 5.91 Å². The van der Waals surface area contributed by atoms with Crippen LogP contribution < -0.4 is 11.1 Å². The lowest BCUT2D eigenvalue weighted by atomic mass is 10.1. The number of carbonyl (C=O) groups excluding carboxylic acids is 1. The molecular formula is C16H17FN2O. The second kappa shape index (κ2) is 6.82. The van der Waals surface area contributed by atoms with Crippen LogP contribution in [0.4, 0.5) is 4.39 Å². The maximum Gasteiger partial charge on any atom is 0.248 e. The van der Waals surface area contributed by atoms with Crippen molar-refractivity contribution in [2.75, 3.05) is 6.54 Å². The van der Waals surface area contributed by atoms with E-state index in [1.165, 1.54) is 6.07 Å². The van der Waals surface area contributed by atoms with E-state index in [0.29, 0.717) is 12.1 Å². The van der Waals surface area contributed by atoms with E-state index in [1.807, 2.05) is 18.2 Å². The fourth-order valence-electron chi connectivity index (χ4n) is 1.94. The third-order valence-corrected chi connectivity index (χ3v) is 3.05. The molecule has 0 spiro atoms. The van der Waals surface area contributed by atoms with Crippen LogP contribution in [0.2, 0.25) is 0 Å². The monoisotopic (exact) mass is 272 g/mol. The van der Waals surface area contributed by atoms with Crippen molar-refractivity contribution in [2.45, 2.75) is 13.0 Å². The van der Waals surface area contributed by atoms with Crippen LogP contribution in [0, 0.1) is 5.82 Å². The van der Waals surface area contributed by atoms with E-state index in [2.05, 4.69) is 5.32 Å². The van der Waals surface area contributed by atoms with E-state index in [9.17, 15) is 9.18 Å². The summed E-state index contributed by atoms with van der Waals surface area (Å²) in [6, 6.07) is 13.8. The van der Waals surface area contributed by atoms with Crippen LogP contribution in [-0.2, 0) is 13.0 Å². The van der Waals surface area contributed by atoms with Crippen LogP contribution in [0.15, 0.2) is 48.5 Å². The van der Waals surface area contributed by atoms with E-state index in [1.54, 1.807) is 24.3 Å². The zero-order chi connectivity index (χ0) is 14.4. The summed E-state index contributed by atoms with van der Waals surface area (Å²) in [6.07, 6.45) is 0.775. The molecule has 0 unspecified atom stereocenters. The van der Waals surface area contributed by atoms with Crippen molar-refractivity contribution in [3.63, 3.8) is 0 Å². The fraction of sp³-hybridized carbons (Fsp3) is 0.188. The minimum Gasteiger partial charge on any atom is -0.366 e. The summed E-state index contributed by atoms with van der Waals surface area (Å²) in [4.78, 5) is 10.9. The Hall–Kier alpha value is -2.20. The predicted molar refractivity (Wildman–Crippen MR) is 76.8 cm³/mol. The molecule has 0 heterocycles. The molecule has 0 aliphatic carbocycles. The summed E-state index contributed by atoms with van der Waals surface area (Å²) in [7, 11) is 0. The van der Waals surface area contributed by atoms with Crippen molar-refractivity contribution in [3.8, 4) is 0 Å². The van der Waals surface area contributed by atoms with Gasteiger partial charge >= 0.3 is 0 Å². The van der Waals surface area contributed by atoms with E-state index >= 15 is 0 Å². The van der Waals surface area contributed by atoms with Crippen molar-refractivity contribution in [2.24, 2.45) is 5.73 Å². The summed E-state index contributed by atoms with van der Waals surface area (Å²) >= 11 is 0. The summed E-state index contributed by atoms with van der Waals surface area (Å²) in [5, 5.41) is 3.28. The van der Waals surface area contributed by atoms with Gasteiger partial charge in [0.05, 0.1) is 0 Å². The lowest BCUT2D eigenvalue weighted by Crippen LogP contribution is -2.17. The molecule has 0 fully saturated rings. The largest absolute Gasteiger partial charge is 0.366 e. The topological polar surface area (TPSA) is 55.1 Å². The molecule has 2 aromatic rings. The number of benzene rings is 2. The van der Waals surface area contributed by atoms with Gasteiger partial charge in [-0.1, -0.05) is 24.3 Å². The van der Waals surface area contributed by atoms with Gasteiger partial charge in [0.2, 0.25) is 5.91 Å². The first-order chi connectivity index (χ1) is 9.65. The van der Waals surface area contributed by atoms with Crippen molar-refractivity contribution in [3.05, 3.63) is 71.0 Å². The molecule has 2 aromatic carbocycles. The minimum absolute atomic E-state index is 0.204. The summed E-state index contributed by atoms with van der Waals surface area (Å²) < 4.78 is 13.0. The van der Waals surface area contributed by atoms with Gasteiger partial charge in [-0.2, -0.15) is 0 Å². The van der Waals surface area contributed by atoms with Crippen LogP contribution in [0.5, 0.6) is 0 Å². The van der Waals surface area contributed by atoms with Gasteiger partial charge in [-0.15, -0.1) is 0 Å². The Morgan fingerprint density at radius 3 is 2.50 bits per heavy atom. The lowest BCUT2D eigenvalue weighted by molar-refractivity contribution is 0.100. The molecule has 104 valence electrons. The number of hydrogen-bond acceptors (Lipinski definition) is 2. The summed E-state index contributed by atoms with van der Waals surface area (Å²) in [5.41, 5.74) is 7.74. The zero-order valence-electron chi connectivity index (χ0n) is 11.1. The highest BCUT2D eigenvalue weighted by Crippen LogP contribution is 2.05. The van der Waals surface area contributed by atoms with Gasteiger partial charge in [-0.25, -0.2) is 4.39 Å². The number of amides is 1. The molecule has 0 aliphatic rings. The van der Waals surface area contributed by atoms with Crippen LogP contribution >= 0.6 is 0 Å². The molecule has 0 atom stereocenters. The number of rotatable bonds is 6. The van der Waals surface area contributed by atoms with Gasteiger partial charge in [0.15, 0.2) is 0 Å². The first kappa shape index (κ1) is 14.2. The lowest BCUT2D eigenvalue weighted by Gasteiger charge is -2.06. The number of hydrogen-bond donors (Lipinski definition) is 2. The van der Waals surface area contributed by atoms with Crippen molar-refractivity contribution in [1.29, 1.82) is 0 Å². The first-order valence-corrected chi connectivity index (χ1v) is 6.49. The van der Waals surface area contributed by atoms with Crippen molar-refractivity contribution < 1.29 is 9.18 Å². The van der Waals surface area contributed by atoms with E-state index in [4.69, 9.17) is 5.73 Å². The molecule has 0 radical (unpaired) electrons. The molecule has 0 aromatic heterocycles. The zero-order valence-corrected chi connectivity index (χ0v) is 11.1. The number of halogens is 1. The second-order valence-corrected chi connectivity index (χ2v) is 4.62. The molecule has 2 rings (SSSR count). The van der Waals surface area contributed by atoms with Crippen LogP contribution in [0.1, 0.15) is 21.5 Å². The molecule has 0 bridgehead atoms. The SMILES string of the molecule is NC(=O)c1ccc(CNCCc2cccc(F)c2)cc1. The quantitative estimate of drug-likeness (QED) is 0.792. The number of primary amides is 1. The van der Waals surface area contributed by atoms with Gasteiger partial charge in [0.25, 0.3) is 0 Å². The first-order valence-electron chi connectivity index (χ1n) is 6.49. The van der Waals surface area contributed by atoms with Gasteiger partial charge in [0, 0.05) is 12.1 Å². The molecule has 0 aliphatic heterocycles. The standard InChI is InChI=1S/C16H17FN2O/c17-15-3-1-2-12(10-15)8-9-19-11-13-4-6-14(7-5-13)16(18)20/h1-7,10,19H,8-9,11H2,(H2,18,20). The highest BCUT2D eigenvalue weighted by molar-refractivity contribution is 5.92. The molecule has 3 N–H and O–H groups in total. The number of carbonyl (C=O) groups is 1. The van der Waals surface area contributed by atoms with Gasteiger partial charge in [0.1, 0.15) is 5.82 Å². The van der Waals surface area contributed by atoms with Crippen LogP contribution in [0.25, 0.3) is 0 Å². The van der Waals surface area contributed by atoms with E-state index in [-0.39, 0.29) is 5.82 Å². The third kappa shape index (κ3) is 4.17. The maximum atomic E-state index is 13.0. The number of nitrogens with one attached hydrogen (secondary N) is 1. The average molecular weight is 272 g/mol. The second-order valence-electron chi connectivity index (χ2n) is 4.62. The normalized spacial score (nSPS) is 10.4. The van der Waals surface area contributed by atoms with Gasteiger partial charge in [-0.3, -0.25) is 4.79 Å². The summed E-state index contributed by atoms with van der Waals surface area (Å²) in [5.74, 6) is -0.625. The Bertz CT molecular complexity index is 581. The Balaban J connectivity index is 1.77. The molecule has 4 heteroatoms. The highest BCUT2D eigenvalue weighted by Gasteiger charge is 2.00. The summed E-state index contributed by atoms with van der Waals surface area (Å²) in [6.45, 7) is 1.47. The average Bonchev–Trinajstić information content (AvgIpc) is 2.44. The van der Waals surface area contributed by atoms with Gasteiger partial charge < -0.3 is 11.1 Å². The number of nitrogens with two attached hydrogens (primary N) is 1. The van der Waals surface area contributed by atoms with E-state index in [0.717, 1.165) is 24.1 Å². The maximum absolute atomic E-state index is 13.0. The Morgan fingerprint density at radius 1 is 1.10 bits per heavy atom. The molecule has 3 nitrogen and oxygen atoms in total. The fourth-order valence-corrected chi connectivity index (χ4v) is 1.94. The molecule has 0 saturated carbocycles. The molecule has 0 saturated heterocycles. The smallest absolute Gasteiger partial charge is 0.248 e. The predicted octanol–water partition coefficient (Wildman–Crippen LogP) is 2.26. The molecule has 20 heavy (non-hydrogen) atoms. The van der Waals surface area contributed by atoms with Crippen LogP contribution in [-0.4, -0.2) is 12.5 Å². The molecule has 1 amide bonds. The molecular weight excluding hydrogens is 255 g/mol. The highest BCUT2D eigenvalue weighted by atomic mass is 19.1. The Morgan fingerprint density at radius 2 is 1.85 bits per heavy atom. The minimum atomic E-state index is -0.421. The van der Waals surface area contributed by atoms with Crippen molar-refractivity contribution >= 4 is 5.91 Å². The van der Waals surface area contributed by atoms with Gasteiger partial charge in [-0.05, 0) is 48.4 Å². The third-order valence-electron chi connectivity index (χ3n) is 3.05. The Labute approximate surface area is 117 Å².